The molecule has 20 heavy (non-hydrogen) atoms. The monoisotopic (exact) mass is 355 g/mol. The van der Waals surface area contributed by atoms with E-state index in [1.54, 1.807) is 11.3 Å². The molecule has 0 radical (unpaired) electrons. The molecule has 5 heteroatoms. The molecule has 2 heterocycles. The van der Waals surface area contributed by atoms with Crippen LogP contribution in [0.3, 0.4) is 0 Å². The Kier molecular flexibility index (Phi) is 5.81. The summed E-state index contributed by atoms with van der Waals surface area (Å²) in [5.41, 5.74) is 3.75. The third-order valence-corrected chi connectivity index (χ3v) is 5.21. The smallest absolute Gasteiger partial charge is 0.0738 e. The summed E-state index contributed by atoms with van der Waals surface area (Å²) < 4.78 is 3.14. The van der Waals surface area contributed by atoms with E-state index in [9.17, 15) is 0 Å². The average molecular weight is 356 g/mol. The number of hydrogen-bond donors (Lipinski definition) is 1. The number of rotatable bonds is 7. The Morgan fingerprint density at radius 3 is 2.80 bits per heavy atom. The highest BCUT2D eigenvalue weighted by Gasteiger charge is 2.17. The second-order valence-corrected chi connectivity index (χ2v) is 6.73. The summed E-state index contributed by atoms with van der Waals surface area (Å²) in [6.07, 6.45) is 3.22. The number of aryl methyl sites for hydroxylation is 2. The van der Waals surface area contributed by atoms with Gasteiger partial charge in [-0.05, 0) is 64.6 Å². The van der Waals surface area contributed by atoms with Crippen molar-refractivity contribution in [2.24, 2.45) is 7.05 Å². The molecule has 1 N–H and O–H groups in total. The molecule has 1 atom stereocenters. The van der Waals surface area contributed by atoms with Gasteiger partial charge in [-0.3, -0.25) is 4.68 Å². The van der Waals surface area contributed by atoms with Crippen molar-refractivity contribution in [1.82, 2.24) is 15.1 Å². The predicted octanol–water partition coefficient (Wildman–Crippen LogP) is 3.71. The van der Waals surface area contributed by atoms with Gasteiger partial charge < -0.3 is 5.32 Å². The van der Waals surface area contributed by atoms with Crippen LogP contribution in [0.4, 0.5) is 0 Å². The van der Waals surface area contributed by atoms with Crippen LogP contribution in [0.25, 0.3) is 0 Å². The first-order valence-corrected chi connectivity index (χ1v) is 8.77. The number of hydrogen-bond acceptors (Lipinski definition) is 3. The average Bonchev–Trinajstić information content (AvgIpc) is 3.00. The zero-order chi connectivity index (χ0) is 14.5. The summed E-state index contributed by atoms with van der Waals surface area (Å²) in [5.74, 6) is 0. The summed E-state index contributed by atoms with van der Waals surface area (Å²) >= 11 is 5.43. The van der Waals surface area contributed by atoms with Crippen LogP contribution in [0.5, 0.6) is 0 Å². The lowest BCUT2D eigenvalue weighted by molar-refractivity contribution is 0.490. The molecule has 0 aromatic carbocycles. The summed E-state index contributed by atoms with van der Waals surface area (Å²) in [6.45, 7) is 5.31. The molecule has 0 aliphatic heterocycles. The van der Waals surface area contributed by atoms with Crippen molar-refractivity contribution in [2.45, 2.75) is 39.2 Å². The van der Waals surface area contributed by atoms with Crippen LogP contribution < -0.4 is 5.32 Å². The van der Waals surface area contributed by atoms with Gasteiger partial charge in [-0.2, -0.15) is 16.4 Å². The number of aromatic nitrogens is 2. The van der Waals surface area contributed by atoms with Gasteiger partial charge in [0.1, 0.15) is 0 Å². The lowest BCUT2D eigenvalue weighted by Crippen LogP contribution is -2.34. The van der Waals surface area contributed by atoms with E-state index in [0.29, 0.717) is 6.04 Å². The fourth-order valence-corrected chi connectivity index (χ4v) is 3.57. The molecule has 0 aliphatic carbocycles. The maximum atomic E-state index is 4.49. The highest BCUT2D eigenvalue weighted by atomic mass is 79.9. The number of nitrogens with one attached hydrogen (secondary N) is 1. The van der Waals surface area contributed by atoms with Gasteiger partial charge in [0.05, 0.1) is 15.9 Å². The Morgan fingerprint density at radius 2 is 2.25 bits per heavy atom. The van der Waals surface area contributed by atoms with E-state index in [4.69, 9.17) is 0 Å². The Hall–Kier alpha value is -0.650. The first kappa shape index (κ1) is 15.7. The van der Waals surface area contributed by atoms with E-state index in [1.807, 2.05) is 18.7 Å². The number of nitrogens with zero attached hydrogens (tertiary/aromatic N) is 2. The molecule has 2 rings (SSSR count). The Morgan fingerprint density at radius 1 is 1.45 bits per heavy atom. The van der Waals surface area contributed by atoms with Gasteiger partial charge in [-0.15, -0.1) is 0 Å². The number of thiophene rings is 1. The normalized spacial score (nSPS) is 12.8. The molecule has 3 nitrogen and oxygen atoms in total. The SMILES string of the molecule is CCCNC(Cc1ccsc1)Cc1c(Br)c(C)nn1C. The summed E-state index contributed by atoms with van der Waals surface area (Å²) in [4.78, 5) is 0. The Labute approximate surface area is 133 Å². The lowest BCUT2D eigenvalue weighted by atomic mass is 10.0. The standard InChI is InChI=1S/C15H22BrN3S/c1-4-6-17-13(8-12-5-7-20-10-12)9-14-15(16)11(2)18-19(14)3/h5,7,10,13,17H,4,6,8-9H2,1-3H3. The van der Waals surface area contributed by atoms with Crippen LogP contribution in [0.2, 0.25) is 0 Å². The van der Waals surface area contributed by atoms with Crippen LogP contribution >= 0.6 is 27.3 Å². The highest BCUT2D eigenvalue weighted by Crippen LogP contribution is 2.22. The van der Waals surface area contributed by atoms with Crippen molar-refractivity contribution in [3.8, 4) is 0 Å². The van der Waals surface area contributed by atoms with Gasteiger partial charge >= 0.3 is 0 Å². The molecule has 1 unspecified atom stereocenters. The Bertz CT molecular complexity index is 534. The van der Waals surface area contributed by atoms with E-state index in [2.05, 4.69) is 50.1 Å². The quantitative estimate of drug-likeness (QED) is 0.820. The molecular weight excluding hydrogens is 334 g/mol. The van der Waals surface area contributed by atoms with Crippen molar-refractivity contribution in [3.63, 3.8) is 0 Å². The van der Waals surface area contributed by atoms with Crippen molar-refractivity contribution in [1.29, 1.82) is 0 Å². The van der Waals surface area contributed by atoms with Gasteiger partial charge in [0.25, 0.3) is 0 Å². The van der Waals surface area contributed by atoms with Crippen molar-refractivity contribution >= 4 is 27.3 Å². The maximum absolute atomic E-state index is 4.49. The van der Waals surface area contributed by atoms with Crippen LogP contribution in [0.15, 0.2) is 21.3 Å². The van der Waals surface area contributed by atoms with Crippen LogP contribution in [-0.4, -0.2) is 22.4 Å². The lowest BCUT2D eigenvalue weighted by Gasteiger charge is -2.18. The Balaban J connectivity index is 2.10. The molecule has 0 fully saturated rings. The summed E-state index contributed by atoms with van der Waals surface area (Å²) in [7, 11) is 2.02. The van der Waals surface area contributed by atoms with Crippen molar-refractivity contribution in [2.75, 3.05) is 6.54 Å². The molecule has 0 amide bonds. The molecule has 0 bridgehead atoms. The number of halogens is 1. The summed E-state index contributed by atoms with van der Waals surface area (Å²) in [5, 5.41) is 12.5. The van der Waals surface area contributed by atoms with Crippen LogP contribution in [0, 0.1) is 6.92 Å². The van der Waals surface area contributed by atoms with E-state index in [-0.39, 0.29) is 0 Å². The van der Waals surface area contributed by atoms with Gasteiger partial charge in [-0.1, -0.05) is 6.92 Å². The molecule has 2 aromatic heterocycles. The zero-order valence-corrected chi connectivity index (χ0v) is 14.7. The third kappa shape index (κ3) is 3.93. The first-order valence-electron chi connectivity index (χ1n) is 7.04. The third-order valence-electron chi connectivity index (χ3n) is 3.45. The van der Waals surface area contributed by atoms with Gasteiger partial charge in [0.15, 0.2) is 0 Å². The minimum absolute atomic E-state index is 0.454. The molecular formula is C15H22BrN3S. The van der Waals surface area contributed by atoms with Crippen molar-refractivity contribution < 1.29 is 0 Å². The minimum atomic E-state index is 0.454. The molecule has 0 aliphatic rings. The van der Waals surface area contributed by atoms with Gasteiger partial charge in [0, 0.05) is 19.5 Å². The second-order valence-electron chi connectivity index (χ2n) is 5.16. The van der Waals surface area contributed by atoms with Crippen LogP contribution in [-0.2, 0) is 19.9 Å². The molecule has 0 spiro atoms. The fourth-order valence-electron chi connectivity index (χ4n) is 2.39. The molecule has 2 aromatic rings. The predicted molar refractivity (Wildman–Crippen MR) is 89.5 cm³/mol. The summed E-state index contributed by atoms with van der Waals surface area (Å²) in [6, 6.07) is 2.67. The van der Waals surface area contributed by atoms with E-state index >= 15 is 0 Å². The minimum Gasteiger partial charge on any atom is -0.313 e. The largest absolute Gasteiger partial charge is 0.313 e. The molecule has 110 valence electrons. The molecule has 0 saturated heterocycles. The molecule has 0 saturated carbocycles. The maximum Gasteiger partial charge on any atom is 0.0738 e. The van der Waals surface area contributed by atoms with Gasteiger partial charge in [0.2, 0.25) is 0 Å². The van der Waals surface area contributed by atoms with Gasteiger partial charge in [-0.25, -0.2) is 0 Å². The highest BCUT2D eigenvalue weighted by molar-refractivity contribution is 9.10. The van der Waals surface area contributed by atoms with Crippen LogP contribution in [0.1, 0.15) is 30.3 Å². The first-order chi connectivity index (χ1) is 9.61. The van der Waals surface area contributed by atoms with Crippen molar-refractivity contribution in [3.05, 3.63) is 38.3 Å². The second kappa shape index (κ2) is 7.38. The topological polar surface area (TPSA) is 29.9 Å². The van der Waals surface area contributed by atoms with E-state index in [0.717, 1.165) is 36.0 Å². The fraction of sp³-hybridized carbons (Fsp3) is 0.533. The van der Waals surface area contributed by atoms with E-state index in [1.165, 1.54) is 11.3 Å². The van der Waals surface area contributed by atoms with E-state index < -0.39 is 0 Å². The zero-order valence-electron chi connectivity index (χ0n) is 12.3.